The molecule has 4 rings (SSSR count). The highest BCUT2D eigenvalue weighted by atomic mass is 15.3. The molecule has 3 aromatic rings. The van der Waals surface area contributed by atoms with E-state index < -0.39 is 0 Å². The number of nitrogens with one attached hydrogen (secondary N) is 1. The molecule has 2 aromatic heterocycles. The molecule has 3 heterocycles. The minimum absolute atomic E-state index is 0.642. The van der Waals surface area contributed by atoms with E-state index in [2.05, 4.69) is 38.6 Å². The maximum atomic E-state index is 4.73. The van der Waals surface area contributed by atoms with Crippen LogP contribution in [-0.4, -0.2) is 32.6 Å². The maximum Gasteiger partial charge on any atom is 0.203 e. The predicted molar refractivity (Wildman–Crippen MR) is 87.9 cm³/mol. The Morgan fingerprint density at radius 1 is 1.32 bits per heavy atom. The Morgan fingerprint density at radius 3 is 3.05 bits per heavy atom. The van der Waals surface area contributed by atoms with E-state index in [1.807, 2.05) is 24.5 Å². The lowest BCUT2D eigenvalue weighted by atomic mass is 9.94. The van der Waals surface area contributed by atoms with Crippen LogP contribution >= 0.6 is 0 Å². The van der Waals surface area contributed by atoms with E-state index in [0.29, 0.717) is 5.92 Å². The highest BCUT2D eigenvalue weighted by Gasteiger charge is 2.23. The summed E-state index contributed by atoms with van der Waals surface area (Å²) in [5.74, 6) is 2.82. The number of benzene rings is 1. The van der Waals surface area contributed by atoms with Crippen molar-refractivity contribution >= 4 is 17.0 Å². The lowest BCUT2D eigenvalue weighted by Gasteiger charge is -2.32. The molecule has 0 spiro atoms. The van der Waals surface area contributed by atoms with Crippen LogP contribution in [0.1, 0.15) is 18.7 Å². The monoisotopic (exact) mass is 295 g/mol. The minimum Gasteiger partial charge on any atom is -0.342 e. The molecule has 1 aliphatic heterocycles. The predicted octanol–water partition coefficient (Wildman–Crippen LogP) is 2.76. The molecule has 1 unspecified atom stereocenters. The van der Waals surface area contributed by atoms with Crippen LogP contribution in [0.2, 0.25) is 0 Å². The average molecular weight is 295 g/mol. The second-order valence-electron chi connectivity index (χ2n) is 6.19. The number of aromatic amines is 1. The normalized spacial score (nSPS) is 19.0. The fraction of sp³-hybridized carbons (Fsp3) is 0.412. The summed E-state index contributed by atoms with van der Waals surface area (Å²) < 4.78 is 2.13. The first-order valence-electron chi connectivity index (χ1n) is 7.95. The van der Waals surface area contributed by atoms with Crippen molar-refractivity contribution in [2.24, 2.45) is 13.0 Å². The zero-order valence-corrected chi connectivity index (χ0v) is 12.9. The lowest BCUT2D eigenvalue weighted by molar-refractivity contribution is 0.400. The Bertz CT molecular complexity index is 739. The summed E-state index contributed by atoms with van der Waals surface area (Å²) in [4.78, 5) is 15.0. The van der Waals surface area contributed by atoms with Crippen LogP contribution in [0, 0.1) is 5.92 Å². The van der Waals surface area contributed by atoms with Gasteiger partial charge in [0.2, 0.25) is 5.95 Å². The Morgan fingerprint density at radius 2 is 2.23 bits per heavy atom. The second-order valence-corrected chi connectivity index (χ2v) is 6.19. The van der Waals surface area contributed by atoms with Crippen molar-refractivity contribution in [1.82, 2.24) is 19.5 Å². The smallest absolute Gasteiger partial charge is 0.203 e. The first-order valence-corrected chi connectivity index (χ1v) is 7.95. The van der Waals surface area contributed by atoms with Crippen molar-refractivity contribution in [3.8, 4) is 0 Å². The van der Waals surface area contributed by atoms with E-state index >= 15 is 0 Å². The number of rotatable bonds is 3. The SMILES string of the molecule is Cn1ccnc1CC1CCCN(c2nc3ccccc3[nH]2)C1. The standard InChI is InChI=1S/C17H21N5/c1-21-10-8-18-16(21)11-13-5-4-9-22(12-13)17-19-14-6-2-3-7-15(14)20-17/h2-3,6-8,10,13H,4-5,9,11-12H2,1H3,(H,19,20). The molecular formula is C17H21N5. The first kappa shape index (κ1) is 13.4. The van der Waals surface area contributed by atoms with Crippen molar-refractivity contribution in [3.63, 3.8) is 0 Å². The molecule has 0 saturated carbocycles. The van der Waals surface area contributed by atoms with Crippen molar-refractivity contribution in [1.29, 1.82) is 0 Å². The second kappa shape index (κ2) is 5.48. The maximum absolute atomic E-state index is 4.73. The van der Waals surface area contributed by atoms with Gasteiger partial charge in [-0.05, 0) is 30.9 Å². The number of fused-ring (bicyclic) bond motifs is 1. The molecule has 1 saturated heterocycles. The number of para-hydroxylation sites is 2. The van der Waals surface area contributed by atoms with Gasteiger partial charge in [-0.1, -0.05) is 12.1 Å². The summed E-state index contributed by atoms with van der Waals surface area (Å²) in [7, 11) is 2.07. The summed E-state index contributed by atoms with van der Waals surface area (Å²) in [6.45, 7) is 2.13. The van der Waals surface area contributed by atoms with Gasteiger partial charge in [-0.3, -0.25) is 0 Å². The molecule has 0 amide bonds. The molecule has 1 N–H and O–H groups in total. The van der Waals surface area contributed by atoms with Gasteiger partial charge in [0.25, 0.3) is 0 Å². The van der Waals surface area contributed by atoms with Crippen molar-refractivity contribution in [3.05, 3.63) is 42.5 Å². The summed E-state index contributed by atoms with van der Waals surface area (Å²) in [5, 5.41) is 0. The third kappa shape index (κ3) is 2.47. The number of H-pyrrole nitrogens is 1. The third-order valence-electron chi connectivity index (χ3n) is 4.59. The van der Waals surface area contributed by atoms with E-state index in [1.54, 1.807) is 0 Å². The van der Waals surface area contributed by atoms with Gasteiger partial charge in [-0.25, -0.2) is 9.97 Å². The Labute approximate surface area is 130 Å². The van der Waals surface area contributed by atoms with Crippen molar-refractivity contribution in [2.75, 3.05) is 18.0 Å². The summed E-state index contributed by atoms with van der Waals surface area (Å²) in [5.41, 5.74) is 2.16. The molecule has 1 atom stereocenters. The molecular weight excluding hydrogens is 274 g/mol. The van der Waals surface area contributed by atoms with Crippen molar-refractivity contribution < 1.29 is 0 Å². The Balaban J connectivity index is 1.51. The van der Waals surface area contributed by atoms with Crippen LogP contribution in [0.3, 0.4) is 0 Å². The topological polar surface area (TPSA) is 49.7 Å². The lowest BCUT2D eigenvalue weighted by Crippen LogP contribution is -2.37. The summed E-state index contributed by atoms with van der Waals surface area (Å²) in [6.07, 6.45) is 7.43. The number of imidazole rings is 2. The van der Waals surface area contributed by atoms with Crippen molar-refractivity contribution in [2.45, 2.75) is 19.3 Å². The van der Waals surface area contributed by atoms with Gasteiger partial charge in [0.05, 0.1) is 11.0 Å². The van der Waals surface area contributed by atoms with Crippen LogP contribution < -0.4 is 4.90 Å². The van der Waals surface area contributed by atoms with E-state index in [1.165, 1.54) is 18.7 Å². The minimum atomic E-state index is 0.642. The highest BCUT2D eigenvalue weighted by Crippen LogP contribution is 2.25. The largest absolute Gasteiger partial charge is 0.342 e. The fourth-order valence-corrected chi connectivity index (χ4v) is 3.36. The molecule has 22 heavy (non-hydrogen) atoms. The molecule has 1 fully saturated rings. The van der Waals surface area contributed by atoms with Crippen LogP contribution in [0.4, 0.5) is 5.95 Å². The quantitative estimate of drug-likeness (QED) is 0.808. The molecule has 5 nitrogen and oxygen atoms in total. The van der Waals surface area contributed by atoms with Gasteiger partial charge in [0, 0.05) is 39.0 Å². The number of anilines is 1. The molecule has 0 aliphatic carbocycles. The number of aryl methyl sites for hydroxylation is 1. The van der Waals surface area contributed by atoms with Crippen LogP contribution in [-0.2, 0) is 13.5 Å². The van der Waals surface area contributed by atoms with Gasteiger partial charge >= 0.3 is 0 Å². The van der Waals surface area contributed by atoms with E-state index in [4.69, 9.17) is 4.98 Å². The molecule has 0 radical (unpaired) electrons. The molecule has 0 bridgehead atoms. The van der Waals surface area contributed by atoms with Gasteiger partial charge in [-0.15, -0.1) is 0 Å². The summed E-state index contributed by atoms with van der Waals surface area (Å²) >= 11 is 0. The number of hydrogen-bond donors (Lipinski definition) is 1. The van der Waals surface area contributed by atoms with Gasteiger partial charge in [0.15, 0.2) is 0 Å². The zero-order valence-electron chi connectivity index (χ0n) is 12.9. The molecule has 114 valence electrons. The van der Waals surface area contributed by atoms with E-state index in [-0.39, 0.29) is 0 Å². The average Bonchev–Trinajstić information content (AvgIpc) is 3.14. The van der Waals surface area contributed by atoms with Gasteiger partial charge in [0.1, 0.15) is 5.82 Å². The molecule has 5 heteroatoms. The number of nitrogens with zero attached hydrogens (tertiary/aromatic N) is 4. The fourth-order valence-electron chi connectivity index (χ4n) is 3.36. The number of aromatic nitrogens is 4. The summed E-state index contributed by atoms with van der Waals surface area (Å²) in [6, 6.07) is 8.23. The van der Waals surface area contributed by atoms with E-state index in [0.717, 1.165) is 36.5 Å². The van der Waals surface area contributed by atoms with Gasteiger partial charge < -0.3 is 14.5 Å². The molecule has 1 aliphatic rings. The number of hydrogen-bond acceptors (Lipinski definition) is 3. The Kier molecular flexibility index (Phi) is 3.33. The highest BCUT2D eigenvalue weighted by molar-refractivity contribution is 5.77. The van der Waals surface area contributed by atoms with E-state index in [9.17, 15) is 0 Å². The number of piperidine rings is 1. The van der Waals surface area contributed by atoms with Crippen LogP contribution in [0.25, 0.3) is 11.0 Å². The third-order valence-corrected chi connectivity index (χ3v) is 4.59. The first-order chi connectivity index (χ1) is 10.8. The van der Waals surface area contributed by atoms with Gasteiger partial charge in [-0.2, -0.15) is 0 Å². The van der Waals surface area contributed by atoms with Crippen LogP contribution in [0.5, 0.6) is 0 Å². The molecule has 1 aromatic carbocycles. The zero-order chi connectivity index (χ0) is 14.9. The van der Waals surface area contributed by atoms with Crippen LogP contribution in [0.15, 0.2) is 36.7 Å². The Hall–Kier alpha value is -2.30.